The van der Waals surface area contributed by atoms with Gasteiger partial charge in [0.05, 0.1) is 11.3 Å². The Labute approximate surface area is 152 Å². The number of halogens is 1. The second-order valence-electron chi connectivity index (χ2n) is 6.88. The van der Waals surface area contributed by atoms with Gasteiger partial charge < -0.3 is 10.6 Å². The number of hydrogen-bond donors (Lipinski definition) is 2. The van der Waals surface area contributed by atoms with Crippen molar-refractivity contribution in [1.29, 1.82) is 0 Å². The summed E-state index contributed by atoms with van der Waals surface area (Å²) in [5.74, 6) is -0.581. The largest absolute Gasteiger partial charge is 0.361 e. The molecule has 0 radical (unpaired) electrons. The van der Waals surface area contributed by atoms with E-state index < -0.39 is 0 Å². The maximum Gasteiger partial charge on any atom is 0.257 e. The third kappa shape index (κ3) is 3.63. The highest BCUT2D eigenvalue weighted by molar-refractivity contribution is 6.31. The van der Waals surface area contributed by atoms with Gasteiger partial charge in [-0.05, 0) is 61.8 Å². The first-order valence-electron chi connectivity index (χ1n) is 9.08. The number of nitrogens with zero attached hydrogens (tertiary/aromatic N) is 1. The van der Waals surface area contributed by atoms with Gasteiger partial charge in [0.15, 0.2) is 0 Å². The fourth-order valence-corrected chi connectivity index (χ4v) is 3.55. The Hall–Kier alpha value is -2.66. The highest BCUT2D eigenvalue weighted by atomic mass is 19.1. The highest BCUT2D eigenvalue weighted by Crippen LogP contribution is 2.32. The van der Waals surface area contributed by atoms with Crippen LogP contribution in [0.5, 0.6) is 0 Å². The standard InChI is InChI=1S/C21H22FN3O/c22-16-6-9-18-19(21(26)24-20(18)12-16)13-23-17-7-4-15(5-8-17)14-25-10-2-1-3-11-25/h4-9,12-13,23H,1-3,10-11,14H2,(H,24,26). The van der Waals surface area contributed by atoms with Crippen LogP contribution >= 0.6 is 0 Å². The van der Waals surface area contributed by atoms with E-state index in [1.807, 2.05) is 12.1 Å². The molecule has 0 spiro atoms. The molecule has 0 saturated carbocycles. The second-order valence-corrected chi connectivity index (χ2v) is 6.88. The zero-order valence-electron chi connectivity index (χ0n) is 14.6. The van der Waals surface area contributed by atoms with Crippen molar-refractivity contribution in [2.75, 3.05) is 23.7 Å². The average molecular weight is 351 g/mol. The van der Waals surface area contributed by atoms with Gasteiger partial charge >= 0.3 is 0 Å². The summed E-state index contributed by atoms with van der Waals surface area (Å²) in [5, 5.41) is 5.86. The number of hydrogen-bond acceptors (Lipinski definition) is 3. The van der Waals surface area contributed by atoms with E-state index in [1.54, 1.807) is 12.3 Å². The normalized spacial score (nSPS) is 18.7. The van der Waals surface area contributed by atoms with Crippen LogP contribution in [0.3, 0.4) is 0 Å². The van der Waals surface area contributed by atoms with E-state index in [1.165, 1.54) is 50.0 Å². The Kier molecular flexibility index (Phi) is 4.71. The molecular formula is C21H22FN3O. The molecule has 0 bridgehead atoms. The van der Waals surface area contributed by atoms with Crippen LogP contribution < -0.4 is 10.6 Å². The minimum Gasteiger partial charge on any atom is -0.361 e. The number of benzene rings is 2. The van der Waals surface area contributed by atoms with Crippen molar-refractivity contribution >= 4 is 22.9 Å². The van der Waals surface area contributed by atoms with Crippen LogP contribution in [0.15, 0.2) is 48.7 Å². The summed E-state index contributed by atoms with van der Waals surface area (Å²) in [7, 11) is 0. The van der Waals surface area contributed by atoms with Gasteiger partial charge in [-0.15, -0.1) is 0 Å². The molecule has 2 aliphatic heterocycles. The monoisotopic (exact) mass is 351 g/mol. The first-order chi connectivity index (χ1) is 12.7. The SMILES string of the molecule is O=C1Nc2cc(F)ccc2C1=CNc1ccc(CN2CCCCC2)cc1. The molecule has 2 aliphatic rings. The lowest BCUT2D eigenvalue weighted by Crippen LogP contribution is -2.29. The van der Waals surface area contributed by atoms with E-state index >= 15 is 0 Å². The predicted octanol–water partition coefficient (Wildman–Crippen LogP) is 4.22. The van der Waals surface area contributed by atoms with Crippen molar-refractivity contribution in [2.45, 2.75) is 25.8 Å². The Morgan fingerprint density at radius 1 is 1.08 bits per heavy atom. The fraction of sp³-hybridized carbons (Fsp3) is 0.286. The van der Waals surface area contributed by atoms with Gasteiger partial charge in [0, 0.05) is 24.0 Å². The van der Waals surface area contributed by atoms with E-state index in [-0.39, 0.29) is 11.7 Å². The molecule has 2 N–H and O–H groups in total. The lowest BCUT2D eigenvalue weighted by atomic mass is 10.1. The van der Waals surface area contributed by atoms with Crippen molar-refractivity contribution in [3.05, 3.63) is 65.6 Å². The van der Waals surface area contributed by atoms with Crippen LogP contribution in [0.25, 0.3) is 5.57 Å². The molecule has 2 heterocycles. The number of anilines is 2. The first-order valence-corrected chi connectivity index (χ1v) is 9.08. The van der Waals surface area contributed by atoms with Crippen molar-refractivity contribution in [3.8, 4) is 0 Å². The minimum atomic E-state index is -0.359. The summed E-state index contributed by atoms with van der Waals surface area (Å²) in [6.07, 6.45) is 5.61. The minimum absolute atomic E-state index is 0.222. The number of carbonyl (C=O) groups is 1. The predicted molar refractivity (Wildman–Crippen MR) is 102 cm³/mol. The summed E-state index contributed by atoms with van der Waals surface area (Å²) >= 11 is 0. The summed E-state index contributed by atoms with van der Waals surface area (Å²) in [5.41, 5.74) is 3.95. The topological polar surface area (TPSA) is 44.4 Å². The van der Waals surface area contributed by atoms with Crippen LogP contribution in [0.1, 0.15) is 30.4 Å². The van der Waals surface area contributed by atoms with E-state index in [9.17, 15) is 9.18 Å². The molecule has 4 rings (SSSR count). The van der Waals surface area contributed by atoms with E-state index in [4.69, 9.17) is 0 Å². The van der Waals surface area contributed by atoms with Gasteiger partial charge in [0.2, 0.25) is 0 Å². The van der Waals surface area contributed by atoms with Gasteiger partial charge in [-0.3, -0.25) is 9.69 Å². The molecule has 0 aliphatic carbocycles. The maximum absolute atomic E-state index is 13.3. The van der Waals surface area contributed by atoms with Gasteiger partial charge in [-0.25, -0.2) is 4.39 Å². The molecule has 26 heavy (non-hydrogen) atoms. The van der Waals surface area contributed by atoms with E-state index in [0.29, 0.717) is 16.8 Å². The molecule has 1 saturated heterocycles. The number of likely N-dealkylation sites (tertiary alicyclic amines) is 1. The number of carbonyl (C=O) groups excluding carboxylic acids is 1. The molecular weight excluding hydrogens is 329 g/mol. The molecule has 2 aromatic rings. The molecule has 5 heteroatoms. The zero-order chi connectivity index (χ0) is 17.9. The van der Waals surface area contributed by atoms with Crippen LogP contribution in [-0.4, -0.2) is 23.9 Å². The van der Waals surface area contributed by atoms with Gasteiger partial charge in [-0.2, -0.15) is 0 Å². The highest BCUT2D eigenvalue weighted by Gasteiger charge is 2.24. The third-order valence-corrected chi connectivity index (χ3v) is 4.96. The number of nitrogens with one attached hydrogen (secondary N) is 2. The number of fused-ring (bicyclic) bond motifs is 1. The Morgan fingerprint density at radius 3 is 2.62 bits per heavy atom. The van der Waals surface area contributed by atoms with E-state index in [2.05, 4.69) is 27.7 Å². The lowest BCUT2D eigenvalue weighted by Gasteiger charge is -2.26. The molecule has 2 aromatic carbocycles. The Morgan fingerprint density at radius 2 is 1.85 bits per heavy atom. The van der Waals surface area contributed by atoms with E-state index in [0.717, 1.165) is 12.2 Å². The fourth-order valence-electron chi connectivity index (χ4n) is 3.55. The van der Waals surface area contributed by atoms with Gasteiger partial charge in [0.1, 0.15) is 5.82 Å². The Balaban J connectivity index is 1.43. The van der Waals surface area contributed by atoms with Crippen molar-refractivity contribution in [1.82, 2.24) is 4.90 Å². The van der Waals surface area contributed by atoms with Crippen molar-refractivity contribution in [3.63, 3.8) is 0 Å². The summed E-state index contributed by atoms with van der Waals surface area (Å²) in [4.78, 5) is 14.6. The average Bonchev–Trinajstić information content (AvgIpc) is 2.96. The first kappa shape index (κ1) is 16.8. The van der Waals surface area contributed by atoms with Gasteiger partial charge in [0.25, 0.3) is 5.91 Å². The van der Waals surface area contributed by atoms with Crippen molar-refractivity contribution in [2.24, 2.45) is 0 Å². The molecule has 0 unspecified atom stereocenters. The van der Waals surface area contributed by atoms with Crippen LogP contribution in [-0.2, 0) is 11.3 Å². The number of amides is 1. The molecule has 1 fully saturated rings. The van der Waals surface area contributed by atoms with Crippen LogP contribution in [0.2, 0.25) is 0 Å². The smallest absolute Gasteiger partial charge is 0.257 e. The zero-order valence-corrected chi connectivity index (χ0v) is 14.6. The maximum atomic E-state index is 13.3. The summed E-state index contributed by atoms with van der Waals surface area (Å²) < 4.78 is 13.3. The third-order valence-electron chi connectivity index (χ3n) is 4.96. The van der Waals surface area contributed by atoms with Gasteiger partial charge in [-0.1, -0.05) is 18.6 Å². The molecule has 134 valence electrons. The summed E-state index contributed by atoms with van der Waals surface area (Å²) in [6.45, 7) is 3.35. The van der Waals surface area contributed by atoms with Crippen molar-refractivity contribution < 1.29 is 9.18 Å². The Bertz CT molecular complexity index is 839. The molecule has 4 nitrogen and oxygen atoms in total. The summed E-state index contributed by atoms with van der Waals surface area (Å²) in [6, 6.07) is 12.6. The quantitative estimate of drug-likeness (QED) is 0.811. The van der Waals surface area contributed by atoms with Crippen LogP contribution in [0.4, 0.5) is 15.8 Å². The molecule has 0 aromatic heterocycles. The molecule has 1 amide bonds. The number of rotatable bonds is 4. The second kappa shape index (κ2) is 7.30. The number of piperidine rings is 1. The lowest BCUT2D eigenvalue weighted by molar-refractivity contribution is -0.110. The molecule has 0 atom stereocenters. The van der Waals surface area contributed by atoms with Crippen LogP contribution in [0, 0.1) is 5.82 Å².